The molecule has 1 saturated carbocycles. The van der Waals surface area contributed by atoms with Gasteiger partial charge in [-0.1, -0.05) is 24.4 Å². The van der Waals surface area contributed by atoms with Crippen LogP contribution in [0.3, 0.4) is 0 Å². The molecule has 1 saturated heterocycles. The fraction of sp³-hybridized carbons (Fsp3) is 0.556. The molecule has 0 bridgehead atoms. The Morgan fingerprint density at radius 2 is 1.96 bits per heavy atom. The van der Waals surface area contributed by atoms with Gasteiger partial charge in [-0.15, -0.1) is 0 Å². The first-order chi connectivity index (χ1) is 11.5. The maximum Gasteiger partial charge on any atom is 0.239 e. The summed E-state index contributed by atoms with van der Waals surface area (Å²) in [5.74, 6) is -1.00. The molecule has 0 spiro atoms. The number of nitrogens with zero attached hydrogens (tertiary/aromatic N) is 1. The largest absolute Gasteiger partial charge is 0.396 e. The Kier molecular flexibility index (Phi) is 5.11. The highest BCUT2D eigenvalue weighted by Gasteiger charge is 2.42. The molecule has 1 unspecified atom stereocenters. The van der Waals surface area contributed by atoms with Crippen molar-refractivity contribution in [2.75, 3.05) is 18.1 Å². The number of carbonyl (C=O) groups is 2. The number of rotatable bonds is 5. The van der Waals surface area contributed by atoms with Crippen molar-refractivity contribution in [3.8, 4) is 0 Å². The number of aliphatic hydroxyl groups excluding tert-OH is 1. The van der Waals surface area contributed by atoms with Crippen LogP contribution in [0.25, 0.3) is 0 Å². The number of halogens is 1. The molecule has 1 aromatic carbocycles. The predicted molar refractivity (Wildman–Crippen MR) is 93.0 cm³/mol. The molecule has 0 aromatic heterocycles. The van der Waals surface area contributed by atoms with E-state index in [-0.39, 0.29) is 24.0 Å². The van der Waals surface area contributed by atoms with Crippen molar-refractivity contribution >= 4 is 29.1 Å². The van der Waals surface area contributed by atoms with Gasteiger partial charge in [0.2, 0.25) is 11.8 Å². The van der Waals surface area contributed by atoms with Crippen molar-refractivity contribution in [1.82, 2.24) is 5.32 Å². The van der Waals surface area contributed by atoms with Gasteiger partial charge >= 0.3 is 0 Å². The van der Waals surface area contributed by atoms with E-state index < -0.39 is 5.92 Å². The molecule has 0 radical (unpaired) electrons. The second-order valence-electron chi connectivity index (χ2n) is 6.76. The average molecular weight is 351 g/mol. The van der Waals surface area contributed by atoms with Crippen LogP contribution < -0.4 is 10.2 Å². The number of nitrogens with one attached hydrogen (secondary N) is 1. The summed E-state index contributed by atoms with van der Waals surface area (Å²) >= 11 is 5.89. The van der Waals surface area contributed by atoms with E-state index in [4.69, 9.17) is 11.6 Å². The zero-order chi connectivity index (χ0) is 17.2. The minimum absolute atomic E-state index is 0.0514. The number of carbonyl (C=O) groups excluding carboxylic acids is 2. The molecule has 1 aliphatic carbocycles. The molecule has 5 nitrogen and oxygen atoms in total. The molecular weight excluding hydrogens is 328 g/mol. The lowest BCUT2D eigenvalue weighted by atomic mass is 9.92. The SMILES string of the molecule is O=C(NC1(CCO)CCCC1)C1CCN(c2ccc(Cl)cc2)C1=O. The molecule has 6 heteroatoms. The van der Waals surface area contributed by atoms with E-state index >= 15 is 0 Å². The maximum atomic E-state index is 12.7. The number of hydrogen-bond acceptors (Lipinski definition) is 3. The quantitative estimate of drug-likeness (QED) is 0.802. The van der Waals surface area contributed by atoms with Crippen LogP contribution in [0, 0.1) is 5.92 Å². The number of hydrogen-bond donors (Lipinski definition) is 2. The predicted octanol–water partition coefficient (Wildman–Crippen LogP) is 2.50. The highest BCUT2D eigenvalue weighted by atomic mass is 35.5. The number of benzene rings is 1. The highest BCUT2D eigenvalue weighted by Crippen LogP contribution is 2.34. The lowest BCUT2D eigenvalue weighted by molar-refractivity contribution is -0.133. The van der Waals surface area contributed by atoms with Crippen LogP contribution in [0.2, 0.25) is 5.02 Å². The first-order valence-electron chi connectivity index (χ1n) is 8.54. The van der Waals surface area contributed by atoms with Crippen molar-refractivity contribution in [1.29, 1.82) is 0 Å². The van der Waals surface area contributed by atoms with E-state index in [1.54, 1.807) is 29.2 Å². The number of anilines is 1. The van der Waals surface area contributed by atoms with Gasteiger partial charge in [0.1, 0.15) is 5.92 Å². The van der Waals surface area contributed by atoms with E-state index in [2.05, 4.69) is 5.32 Å². The van der Waals surface area contributed by atoms with E-state index in [1.165, 1.54) is 0 Å². The fourth-order valence-electron chi connectivity index (χ4n) is 3.85. The Balaban J connectivity index is 1.68. The van der Waals surface area contributed by atoms with E-state index in [0.717, 1.165) is 31.4 Å². The Morgan fingerprint density at radius 1 is 1.29 bits per heavy atom. The van der Waals surface area contributed by atoms with Crippen LogP contribution in [-0.2, 0) is 9.59 Å². The van der Waals surface area contributed by atoms with Gasteiger partial charge in [-0.3, -0.25) is 9.59 Å². The van der Waals surface area contributed by atoms with Crippen molar-refractivity contribution < 1.29 is 14.7 Å². The molecule has 1 aromatic rings. The van der Waals surface area contributed by atoms with Gasteiger partial charge in [-0.05, 0) is 49.9 Å². The summed E-state index contributed by atoms with van der Waals surface area (Å²) in [5.41, 5.74) is 0.436. The molecule has 2 amide bonds. The Bertz CT molecular complexity index is 611. The summed E-state index contributed by atoms with van der Waals surface area (Å²) in [6.07, 6.45) is 4.93. The minimum atomic E-state index is -0.642. The molecule has 24 heavy (non-hydrogen) atoms. The van der Waals surface area contributed by atoms with Crippen molar-refractivity contribution in [2.24, 2.45) is 5.92 Å². The Morgan fingerprint density at radius 3 is 2.58 bits per heavy atom. The van der Waals surface area contributed by atoms with Gasteiger partial charge in [0.15, 0.2) is 0 Å². The molecule has 2 N–H and O–H groups in total. The molecule has 2 aliphatic rings. The summed E-state index contributed by atoms with van der Waals surface area (Å²) in [6, 6.07) is 7.08. The Labute approximate surface area is 147 Å². The van der Waals surface area contributed by atoms with Crippen molar-refractivity contribution in [2.45, 2.75) is 44.1 Å². The molecule has 130 valence electrons. The van der Waals surface area contributed by atoms with Crippen LogP contribution in [-0.4, -0.2) is 35.6 Å². The summed E-state index contributed by atoms with van der Waals surface area (Å²) in [4.78, 5) is 27.0. The summed E-state index contributed by atoms with van der Waals surface area (Å²) < 4.78 is 0. The topological polar surface area (TPSA) is 69.6 Å². The summed E-state index contributed by atoms with van der Waals surface area (Å²) in [5, 5.41) is 13.0. The Hall–Kier alpha value is -1.59. The van der Waals surface area contributed by atoms with E-state index in [0.29, 0.717) is 24.4 Å². The first-order valence-corrected chi connectivity index (χ1v) is 8.92. The number of aliphatic hydroxyl groups is 1. The lowest BCUT2D eigenvalue weighted by Gasteiger charge is -2.30. The standard InChI is InChI=1S/C18H23ClN2O3/c19-13-3-5-14(6-4-13)21-11-7-15(17(21)24)16(23)20-18(10-12-22)8-1-2-9-18/h3-6,15,22H,1-2,7-12H2,(H,20,23). The van der Waals surface area contributed by atoms with Crippen molar-refractivity contribution in [3.63, 3.8) is 0 Å². The van der Waals surface area contributed by atoms with Crippen molar-refractivity contribution in [3.05, 3.63) is 29.3 Å². The third-order valence-electron chi connectivity index (χ3n) is 5.20. The first kappa shape index (κ1) is 17.2. The van der Waals surface area contributed by atoms with Crippen LogP contribution in [0.1, 0.15) is 38.5 Å². The zero-order valence-corrected chi connectivity index (χ0v) is 14.4. The third kappa shape index (κ3) is 3.42. The van der Waals surface area contributed by atoms with Crippen LogP contribution in [0.15, 0.2) is 24.3 Å². The highest BCUT2D eigenvalue weighted by molar-refractivity contribution is 6.30. The monoisotopic (exact) mass is 350 g/mol. The normalized spacial score (nSPS) is 22.8. The average Bonchev–Trinajstić information content (AvgIpc) is 3.16. The van der Waals surface area contributed by atoms with Gasteiger partial charge in [0.05, 0.1) is 0 Å². The summed E-state index contributed by atoms with van der Waals surface area (Å²) in [6.45, 7) is 0.585. The lowest BCUT2D eigenvalue weighted by Crippen LogP contribution is -2.50. The second kappa shape index (κ2) is 7.11. The molecule has 3 rings (SSSR count). The molecular formula is C18H23ClN2O3. The van der Waals surface area contributed by atoms with Crippen LogP contribution in [0.5, 0.6) is 0 Å². The molecule has 1 aliphatic heterocycles. The molecule has 1 heterocycles. The van der Waals surface area contributed by atoms with Crippen LogP contribution in [0.4, 0.5) is 5.69 Å². The van der Waals surface area contributed by atoms with Gasteiger partial charge < -0.3 is 15.3 Å². The van der Waals surface area contributed by atoms with E-state index in [9.17, 15) is 14.7 Å². The maximum absolute atomic E-state index is 12.7. The summed E-state index contributed by atoms with van der Waals surface area (Å²) in [7, 11) is 0. The molecule has 1 atom stereocenters. The van der Waals surface area contributed by atoms with Gasteiger partial charge in [-0.25, -0.2) is 0 Å². The fourth-order valence-corrected chi connectivity index (χ4v) is 3.98. The second-order valence-corrected chi connectivity index (χ2v) is 7.19. The third-order valence-corrected chi connectivity index (χ3v) is 5.45. The number of amides is 2. The molecule has 2 fully saturated rings. The van der Waals surface area contributed by atoms with Gasteiger partial charge in [0, 0.05) is 29.4 Å². The van der Waals surface area contributed by atoms with E-state index in [1.807, 2.05) is 0 Å². The van der Waals surface area contributed by atoms with Gasteiger partial charge in [0.25, 0.3) is 0 Å². The van der Waals surface area contributed by atoms with Crippen LogP contribution >= 0.6 is 11.6 Å². The van der Waals surface area contributed by atoms with Gasteiger partial charge in [-0.2, -0.15) is 0 Å². The minimum Gasteiger partial charge on any atom is -0.396 e. The zero-order valence-electron chi connectivity index (χ0n) is 13.6. The smallest absolute Gasteiger partial charge is 0.239 e.